The minimum absolute atomic E-state index is 0. The minimum Gasteiger partial charge on any atom is -0.352 e. The zero-order chi connectivity index (χ0) is 13.5. The third kappa shape index (κ3) is 6.48. The van der Waals surface area contributed by atoms with Crippen LogP contribution < -0.4 is 10.6 Å². The first-order chi connectivity index (χ1) is 9.24. The number of piperidine rings is 1. The van der Waals surface area contributed by atoms with Crippen LogP contribution in [0.5, 0.6) is 0 Å². The Labute approximate surface area is 139 Å². The molecule has 2 N–H and O–H groups in total. The highest BCUT2D eigenvalue weighted by Gasteiger charge is 2.14. The zero-order valence-electron chi connectivity index (χ0n) is 11.2. The number of amides is 1. The highest BCUT2D eigenvalue weighted by molar-refractivity contribution is 9.10. The fourth-order valence-electron chi connectivity index (χ4n) is 2.07. The van der Waals surface area contributed by atoms with Crippen molar-refractivity contribution in [3.63, 3.8) is 0 Å². The molecule has 2 rings (SSSR count). The standard InChI is InChI=1S/C14H19BrN2OS.ClH/c15-11-3-5-13(6-4-11)19-9-7-14(18)17-12-2-1-8-16-10-12;/h3-6,12,16H,1-2,7-10H2,(H,17,18);1H. The van der Waals surface area contributed by atoms with Gasteiger partial charge in [-0.2, -0.15) is 0 Å². The summed E-state index contributed by atoms with van der Waals surface area (Å²) in [5.41, 5.74) is 0. The second kappa shape index (κ2) is 9.66. The van der Waals surface area contributed by atoms with Crippen LogP contribution in [0.15, 0.2) is 33.6 Å². The molecule has 0 radical (unpaired) electrons. The van der Waals surface area contributed by atoms with Gasteiger partial charge in [0.25, 0.3) is 0 Å². The number of carbonyl (C=O) groups excluding carboxylic acids is 1. The predicted molar refractivity (Wildman–Crippen MR) is 90.8 cm³/mol. The van der Waals surface area contributed by atoms with Crippen LogP contribution in [0, 0.1) is 0 Å². The monoisotopic (exact) mass is 378 g/mol. The van der Waals surface area contributed by atoms with E-state index >= 15 is 0 Å². The summed E-state index contributed by atoms with van der Waals surface area (Å²) in [5, 5.41) is 6.40. The van der Waals surface area contributed by atoms with Gasteiger partial charge in [0.2, 0.25) is 5.91 Å². The van der Waals surface area contributed by atoms with Crippen molar-refractivity contribution in [3.8, 4) is 0 Å². The van der Waals surface area contributed by atoms with Crippen LogP contribution in [-0.2, 0) is 4.79 Å². The third-order valence-electron chi connectivity index (χ3n) is 3.07. The zero-order valence-corrected chi connectivity index (χ0v) is 14.5. The molecule has 6 heteroatoms. The lowest BCUT2D eigenvalue weighted by Gasteiger charge is -2.23. The number of hydrogen-bond acceptors (Lipinski definition) is 3. The topological polar surface area (TPSA) is 41.1 Å². The molecular weight excluding hydrogens is 360 g/mol. The Kier molecular flexibility index (Phi) is 8.61. The van der Waals surface area contributed by atoms with Gasteiger partial charge in [0, 0.05) is 34.1 Å². The number of carbonyl (C=O) groups is 1. The lowest BCUT2D eigenvalue weighted by molar-refractivity contribution is -0.121. The molecule has 1 saturated heterocycles. The second-order valence-electron chi connectivity index (χ2n) is 4.66. The fraction of sp³-hybridized carbons (Fsp3) is 0.500. The number of thioether (sulfide) groups is 1. The average molecular weight is 380 g/mol. The van der Waals surface area contributed by atoms with Gasteiger partial charge in [-0.3, -0.25) is 4.79 Å². The van der Waals surface area contributed by atoms with Crippen LogP contribution in [0.2, 0.25) is 0 Å². The van der Waals surface area contributed by atoms with E-state index in [1.807, 2.05) is 12.1 Å². The molecule has 0 aliphatic carbocycles. The van der Waals surface area contributed by atoms with Crippen molar-refractivity contribution in [3.05, 3.63) is 28.7 Å². The molecular formula is C14H20BrClN2OS. The van der Waals surface area contributed by atoms with Crippen LogP contribution in [0.1, 0.15) is 19.3 Å². The van der Waals surface area contributed by atoms with Gasteiger partial charge < -0.3 is 10.6 Å². The SMILES string of the molecule is Cl.O=C(CCSc1ccc(Br)cc1)NC1CCCNC1. The van der Waals surface area contributed by atoms with Crippen LogP contribution in [0.3, 0.4) is 0 Å². The third-order valence-corrected chi connectivity index (χ3v) is 4.62. The van der Waals surface area contributed by atoms with Crippen molar-refractivity contribution in [2.45, 2.75) is 30.2 Å². The van der Waals surface area contributed by atoms with Gasteiger partial charge in [-0.15, -0.1) is 24.2 Å². The molecule has 1 aliphatic heterocycles. The molecule has 1 unspecified atom stereocenters. The highest BCUT2D eigenvalue weighted by atomic mass is 79.9. The summed E-state index contributed by atoms with van der Waals surface area (Å²) >= 11 is 5.13. The van der Waals surface area contributed by atoms with E-state index in [0.717, 1.165) is 36.2 Å². The summed E-state index contributed by atoms with van der Waals surface area (Å²) < 4.78 is 1.08. The Morgan fingerprint density at radius 2 is 2.15 bits per heavy atom. The molecule has 1 fully saturated rings. The molecule has 1 atom stereocenters. The van der Waals surface area contributed by atoms with Gasteiger partial charge in [0.15, 0.2) is 0 Å². The number of hydrogen-bond donors (Lipinski definition) is 2. The van der Waals surface area contributed by atoms with Gasteiger partial charge in [-0.25, -0.2) is 0 Å². The summed E-state index contributed by atoms with van der Waals surface area (Å²) in [6.45, 7) is 1.98. The van der Waals surface area contributed by atoms with E-state index in [0.29, 0.717) is 12.5 Å². The van der Waals surface area contributed by atoms with E-state index in [1.54, 1.807) is 11.8 Å². The molecule has 0 aromatic heterocycles. The van der Waals surface area contributed by atoms with E-state index in [2.05, 4.69) is 38.7 Å². The largest absolute Gasteiger partial charge is 0.352 e. The second-order valence-corrected chi connectivity index (χ2v) is 6.75. The molecule has 0 spiro atoms. The van der Waals surface area contributed by atoms with Crippen molar-refractivity contribution in [1.29, 1.82) is 0 Å². The van der Waals surface area contributed by atoms with Crippen LogP contribution in [0.25, 0.3) is 0 Å². The summed E-state index contributed by atoms with van der Waals surface area (Å²) in [4.78, 5) is 13.0. The van der Waals surface area contributed by atoms with E-state index in [-0.39, 0.29) is 18.3 Å². The van der Waals surface area contributed by atoms with Gasteiger partial charge in [-0.1, -0.05) is 15.9 Å². The Balaban J connectivity index is 0.00000200. The molecule has 1 amide bonds. The maximum absolute atomic E-state index is 11.8. The number of nitrogens with one attached hydrogen (secondary N) is 2. The first-order valence-electron chi connectivity index (χ1n) is 6.62. The number of halogens is 2. The van der Waals surface area contributed by atoms with Crippen LogP contribution >= 0.6 is 40.1 Å². The molecule has 1 heterocycles. The van der Waals surface area contributed by atoms with Crippen molar-refractivity contribution in [1.82, 2.24) is 10.6 Å². The lowest BCUT2D eigenvalue weighted by Crippen LogP contribution is -2.45. The summed E-state index contributed by atoms with van der Waals surface area (Å²) in [5.74, 6) is 0.992. The highest BCUT2D eigenvalue weighted by Crippen LogP contribution is 2.21. The maximum Gasteiger partial charge on any atom is 0.221 e. The molecule has 112 valence electrons. The number of benzene rings is 1. The summed E-state index contributed by atoms with van der Waals surface area (Å²) in [6.07, 6.45) is 2.83. The summed E-state index contributed by atoms with van der Waals surface area (Å²) in [7, 11) is 0. The molecule has 3 nitrogen and oxygen atoms in total. The molecule has 0 bridgehead atoms. The molecule has 1 aromatic carbocycles. The van der Waals surface area contributed by atoms with E-state index in [1.165, 1.54) is 4.90 Å². The van der Waals surface area contributed by atoms with Gasteiger partial charge in [0.05, 0.1) is 0 Å². The van der Waals surface area contributed by atoms with Crippen molar-refractivity contribution < 1.29 is 4.79 Å². The van der Waals surface area contributed by atoms with Gasteiger partial charge >= 0.3 is 0 Å². The maximum atomic E-state index is 11.8. The molecule has 1 aliphatic rings. The van der Waals surface area contributed by atoms with Crippen molar-refractivity contribution in [2.75, 3.05) is 18.8 Å². The molecule has 1 aromatic rings. The van der Waals surface area contributed by atoms with E-state index in [4.69, 9.17) is 0 Å². The Bertz CT molecular complexity index is 410. The molecule has 20 heavy (non-hydrogen) atoms. The van der Waals surface area contributed by atoms with Crippen LogP contribution in [0.4, 0.5) is 0 Å². The lowest BCUT2D eigenvalue weighted by atomic mass is 10.1. The fourth-order valence-corrected chi connectivity index (χ4v) is 3.18. The van der Waals surface area contributed by atoms with Crippen LogP contribution in [-0.4, -0.2) is 30.8 Å². The van der Waals surface area contributed by atoms with Crippen molar-refractivity contribution in [2.24, 2.45) is 0 Å². The Morgan fingerprint density at radius 3 is 2.80 bits per heavy atom. The quantitative estimate of drug-likeness (QED) is 0.772. The summed E-state index contributed by atoms with van der Waals surface area (Å²) in [6, 6.07) is 8.50. The normalized spacial score (nSPS) is 18.1. The van der Waals surface area contributed by atoms with Gasteiger partial charge in [0.1, 0.15) is 0 Å². The predicted octanol–water partition coefficient (Wildman–Crippen LogP) is 3.22. The Morgan fingerprint density at radius 1 is 1.40 bits per heavy atom. The number of rotatable bonds is 5. The minimum atomic E-state index is 0. The first kappa shape index (κ1) is 17.8. The Hall–Kier alpha value is -0.230. The van der Waals surface area contributed by atoms with Gasteiger partial charge in [-0.05, 0) is 43.7 Å². The average Bonchev–Trinajstić information content (AvgIpc) is 2.42. The first-order valence-corrected chi connectivity index (χ1v) is 8.40. The smallest absolute Gasteiger partial charge is 0.221 e. The van der Waals surface area contributed by atoms with E-state index < -0.39 is 0 Å². The molecule has 0 saturated carbocycles. The van der Waals surface area contributed by atoms with Crippen molar-refractivity contribution >= 4 is 46.0 Å². The van der Waals surface area contributed by atoms with E-state index in [9.17, 15) is 4.79 Å².